The van der Waals surface area contributed by atoms with Crippen LogP contribution in [0.4, 0.5) is 0 Å². The molecule has 4 aromatic carbocycles. The zero-order valence-electron chi connectivity index (χ0n) is 20.0. The smallest absolute Gasteiger partial charge is 0.267 e. The Morgan fingerprint density at radius 2 is 1.21 bits per heavy atom. The number of para-hydroxylation sites is 3. The molecule has 0 amide bonds. The van der Waals surface area contributed by atoms with Crippen molar-refractivity contribution in [2.45, 2.75) is 0 Å². The summed E-state index contributed by atoms with van der Waals surface area (Å²) in [4.78, 5) is 34.2. The lowest BCUT2D eigenvalue weighted by Crippen LogP contribution is -2.20. The van der Waals surface area contributed by atoms with Crippen molar-refractivity contribution < 1.29 is 0 Å². The zero-order valence-corrected chi connectivity index (χ0v) is 20.0. The van der Waals surface area contributed by atoms with Crippen LogP contribution in [-0.2, 0) is 0 Å². The average Bonchev–Trinajstić information content (AvgIpc) is 3.38. The fourth-order valence-corrected chi connectivity index (χ4v) is 5.20. The van der Waals surface area contributed by atoms with Gasteiger partial charge in [-0.15, -0.1) is 0 Å². The van der Waals surface area contributed by atoms with E-state index in [-0.39, 0.29) is 5.56 Å². The minimum absolute atomic E-state index is 0.177. The van der Waals surface area contributed by atoms with Crippen LogP contribution in [0, 0.1) is 0 Å². The van der Waals surface area contributed by atoms with Crippen molar-refractivity contribution >= 4 is 44.4 Å². The Labute approximate surface area is 215 Å². The third kappa shape index (κ3) is 2.87. The zero-order chi connectivity index (χ0) is 25.2. The van der Waals surface area contributed by atoms with Crippen molar-refractivity contribution in [3.63, 3.8) is 0 Å². The first-order valence-corrected chi connectivity index (χ1v) is 12.3. The molecule has 0 saturated carbocycles. The summed E-state index contributed by atoms with van der Waals surface area (Å²) in [5.41, 5.74) is 6.29. The molecule has 0 aliphatic rings. The van der Waals surface area contributed by atoms with E-state index in [1.165, 1.54) is 0 Å². The molecule has 0 unspecified atom stereocenters. The lowest BCUT2D eigenvalue weighted by molar-refractivity contribution is 1.03. The molecule has 0 fully saturated rings. The van der Waals surface area contributed by atoms with Gasteiger partial charge in [-0.25, -0.2) is 24.3 Å². The second kappa shape index (κ2) is 7.78. The van der Waals surface area contributed by atoms with Crippen molar-refractivity contribution in [1.29, 1.82) is 0 Å². The first kappa shape index (κ1) is 20.7. The van der Waals surface area contributed by atoms with Crippen LogP contribution in [0.3, 0.4) is 0 Å². The van der Waals surface area contributed by atoms with E-state index >= 15 is 0 Å². The van der Waals surface area contributed by atoms with E-state index in [9.17, 15) is 4.79 Å². The molecule has 4 aromatic heterocycles. The minimum atomic E-state index is -0.177. The van der Waals surface area contributed by atoms with Gasteiger partial charge in [0.25, 0.3) is 5.56 Å². The van der Waals surface area contributed by atoms with Crippen LogP contribution in [0.25, 0.3) is 67.0 Å². The van der Waals surface area contributed by atoms with E-state index in [4.69, 9.17) is 19.9 Å². The summed E-state index contributed by atoms with van der Waals surface area (Å²) in [5, 5.41) is 0.529. The second-order valence-corrected chi connectivity index (χ2v) is 9.15. The summed E-state index contributed by atoms with van der Waals surface area (Å²) in [6, 6.07) is 35.0. The van der Waals surface area contributed by atoms with E-state index in [0.717, 1.165) is 22.2 Å². The number of hydrogen-bond donors (Lipinski definition) is 0. The van der Waals surface area contributed by atoms with E-state index in [2.05, 4.69) is 0 Å². The highest BCUT2D eigenvalue weighted by atomic mass is 16.1. The van der Waals surface area contributed by atoms with Gasteiger partial charge in [-0.3, -0.25) is 9.20 Å². The molecule has 0 spiro atoms. The molecule has 7 nitrogen and oxygen atoms in total. The molecular weight excluding hydrogens is 472 g/mol. The van der Waals surface area contributed by atoms with Gasteiger partial charge in [-0.2, -0.15) is 0 Å². The highest BCUT2D eigenvalue weighted by molar-refractivity contribution is 6.03. The van der Waals surface area contributed by atoms with Gasteiger partial charge in [0.15, 0.2) is 11.5 Å². The van der Waals surface area contributed by atoms with Gasteiger partial charge in [0.2, 0.25) is 5.78 Å². The highest BCUT2D eigenvalue weighted by Gasteiger charge is 2.23. The fraction of sp³-hybridized carbons (Fsp3) is 0. The first-order chi connectivity index (χ1) is 18.8. The van der Waals surface area contributed by atoms with Crippen LogP contribution in [0.1, 0.15) is 0 Å². The van der Waals surface area contributed by atoms with Gasteiger partial charge in [0.05, 0.1) is 27.6 Å². The SMILES string of the molecule is O=c1c2ccccc2nc2n1c1c(-c3ccccc3)nc(-c3ccccc3)nc1c1nc3ccccc3n12. The van der Waals surface area contributed by atoms with E-state index in [0.29, 0.717) is 44.9 Å². The Morgan fingerprint density at radius 1 is 0.553 bits per heavy atom. The molecule has 7 heteroatoms. The van der Waals surface area contributed by atoms with Gasteiger partial charge >= 0.3 is 0 Å². The van der Waals surface area contributed by atoms with Crippen LogP contribution in [-0.4, -0.2) is 28.7 Å². The lowest BCUT2D eigenvalue weighted by Gasteiger charge is -2.15. The van der Waals surface area contributed by atoms with Crippen LogP contribution in [0.2, 0.25) is 0 Å². The van der Waals surface area contributed by atoms with Crippen LogP contribution in [0.5, 0.6) is 0 Å². The van der Waals surface area contributed by atoms with Gasteiger partial charge in [0, 0.05) is 11.1 Å². The van der Waals surface area contributed by atoms with E-state index in [1.807, 2.05) is 108 Å². The molecule has 0 radical (unpaired) electrons. The number of hydrogen-bond acceptors (Lipinski definition) is 5. The number of aromatic nitrogens is 6. The molecule has 0 atom stereocenters. The maximum Gasteiger partial charge on any atom is 0.267 e. The van der Waals surface area contributed by atoms with Crippen molar-refractivity contribution in [2.75, 3.05) is 0 Å². The van der Waals surface area contributed by atoms with Crippen LogP contribution in [0.15, 0.2) is 114 Å². The monoisotopic (exact) mass is 490 g/mol. The third-order valence-electron chi connectivity index (χ3n) is 6.92. The summed E-state index contributed by atoms with van der Waals surface area (Å²) < 4.78 is 3.58. The maximum atomic E-state index is 14.2. The van der Waals surface area contributed by atoms with Crippen LogP contribution >= 0.6 is 0 Å². The largest absolute Gasteiger partial charge is 0.268 e. The summed E-state index contributed by atoms with van der Waals surface area (Å²) in [6.07, 6.45) is 0. The average molecular weight is 491 g/mol. The maximum absolute atomic E-state index is 14.2. The van der Waals surface area contributed by atoms with E-state index in [1.54, 1.807) is 10.5 Å². The van der Waals surface area contributed by atoms with Crippen molar-refractivity contribution in [2.24, 2.45) is 0 Å². The Kier molecular flexibility index (Phi) is 4.25. The van der Waals surface area contributed by atoms with Gasteiger partial charge in [0.1, 0.15) is 11.0 Å². The van der Waals surface area contributed by atoms with Crippen molar-refractivity contribution in [3.8, 4) is 22.6 Å². The molecule has 0 saturated heterocycles. The van der Waals surface area contributed by atoms with Gasteiger partial charge < -0.3 is 0 Å². The molecule has 38 heavy (non-hydrogen) atoms. The molecule has 8 aromatic rings. The summed E-state index contributed by atoms with van der Waals surface area (Å²) in [7, 11) is 0. The molecule has 0 N–H and O–H groups in total. The molecular formula is C31H18N6O. The lowest BCUT2D eigenvalue weighted by atomic mass is 10.1. The van der Waals surface area contributed by atoms with Crippen LogP contribution < -0.4 is 5.56 Å². The van der Waals surface area contributed by atoms with E-state index < -0.39 is 0 Å². The predicted octanol–water partition coefficient (Wildman–Crippen LogP) is 5.93. The number of fused-ring (bicyclic) bond motifs is 9. The molecule has 178 valence electrons. The number of nitrogens with zero attached hydrogens (tertiary/aromatic N) is 6. The summed E-state index contributed by atoms with van der Waals surface area (Å²) in [5.74, 6) is 1.03. The molecule has 0 aliphatic carbocycles. The fourth-order valence-electron chi connectivity index (χ4n) is 5.20. The number of benzene rings is 4. The molecule has 0 bridgehead atoms. The second-order valence-electron chi connectivity index (χ2n) is 9.15. The van der Waals surface area contributed by atoms with Crippen molar-refractivity contribution in [1.82, 2.24) is 28.7 Å². The molecule has 0 aliphatic heterocycles. The highest BCUT2D eigenvalue weighted by Crippen LogP contribution is 2.33. The number of imidazole rings is 1. The molecule has 8 rings (SSSR count). The third-order valence-corrected chi connectivity index (χ3v) is 6.92. The topological polar surface area (TPSA) is 77.5 Å². The Bertz CT molecular complexity index is 2250. The standard InChI is InChI=1S/C31H18N6O/c38-30-21-15-7-8-16-22(21)33-31-36-24-18-10-9-17-23(24)32-29(36)26-27(37(30)31)25(19-11-3-1-4-12-19)34-28(35-26)20-13-5-2-6-14-20/h1-18H. The summed E-state index contributed by atoms with van der Waals surface area (Å²) >= 11 is 0. The summed E-state index contributed by atoms with van der Waals surface area (Å²) in [6.45, 7) is 0. The Hall–Kier alpha value is -5.43. The Morgan fingerprint density at radius 3 is 2.00 bits per heavy atom. The first-order valence-electron chi connectivity index (χ1n) is 12.3. The number of rotatable bonds is 2. The predicted molar refractivity (Wildman–Crippen MR) is 149 cm³/mol. The van der Waals surface area contributed by atoms with Gasteiger partial charge in [-0.05, 0) is 24.3 Å². The Balaban J connectivity index is 1.71. The quantitative estimate of drug-likeness (QED) is 0.222. The normalized spacial score (nSPS) is 11.8. The van der Waals surface area contributed by atoms with Crippen molar-refractivity contribution in [3.05, 3.63) is 120 Å². The minimum Gasteiger partial charge on any atom is -0.268 e. The molecule has 4 heterocycles. The van der Waals surface area contributed by atoms with Gasteiger partial charge in [-0.1, -0.05) is 84.9 Å².